The summed E-state index contributed by atoms with van der Waals surface area (Å²) in [6.07, 6.45) is 0.202. The number of anilines is 1. The molecule has 4 aromatic carbocycles. The van der Waals surface area contributed by atoms with E-state index in [0.29, 0.717) is 10.6 Å². The summed E-state index contributed by atoms with van der Waals surface area (Å²) in [5, 5.41) is 3.84. The van der Waals surface area contributed by atoms with Crippen molar-refractivity contribution in [3.8, 4) is 0 Å². The topological polar surface area (TPSA) is 86.8 Å². The average Bonchev–Trinajstić information content (AvgIpc) is 2.98. The van der Waals surface area contributed by atoms with Gasteiger partial charge in [-0.15, -0.1) is 0 Å². The second-order valence-electron chi connectivity index (χ2n) is 10.5. The van der Waals surface area contributed by atoms with Crippen molar-refractivity contribution < 1.29 is 18.0 Å². The zero-order chi connectivity index (χ0) is 31.9. The van der Waals surface area contributed by atoms with Crippen LogP contribution >= 0.6 is 34.8 Å². The van der Waals surface area contributed by atoms with E-state index in [2.05, 4.69) is 5.32 Å². The maximum Gasteiger partial charge on any atom is 0.264 e. The minimum atomic E-state index is -4.27. The van der Waals surface area contributed by atoms with Gasteiger partial charge in [0.05, 0.1) is 10.6 Å². The highest BCUT2D eigenvalue weighted by Gasteiger charge is 2.35. The summed E-state index contributed by atoms with van der Waals surface area (Å²) in [6, 6.07) is 27.2. The van der Waals surface area contributed by atoms with Crippen LogP contribution in [0.25, 0.3) is 0 Å². The highest BCUT2D eigenvalue weighted by Crippen LogP contribution is 2.30. The zero-order valence-electron chi connectivity index (χ0n) is 24.2. The van der Waals surface area contributed by atoms with Crippen LogP contribution in [0.3, 0.4) is 0 Å². The number of halogens is 3. The third-order valence-electron chi connectivity index (χ3n) is 6.71. The minimum Gasteiger partial charge on any atom is -0.352 e. The van der Waals surface area contributed by atoms with E-state index in [1.165, 1.54) is 35.2 Å². The van der Waals surface area contributed by atoms with Gasteiger partial charge >= 0.3 is 0 Å². The van der Waals surface area contributed by atoms with Crippen LogP contribution in [0.2, 0.25) is 15.1 Å². The number of sulfonamides is 1. The first-order valence-electron chi connectivity index (χ1n) is 13.9. The summed E-state index contributed by atoms with van der Waals surface area (Å²) < 4.78 is 29.0. The second-order valence-corrected chi connectivity index (χ2v) is 13.6. The van der Waals surface area contributed by atoms with Crippen molar-refractivity contribution in [3.05, 3.63) is 129 Å². The molecule has 0 bridgehead atoms. The fourth-order valence-electron chi connectivity index (χ4n) is 4.65. The number of carbonyl (C=O) groups is 2. The van der Waals surface area contributed by atoms with Crippen molar-refractivity contribution in [1.29, 1.82) is 0 Å². The molecule has 11 heteroatoms. The molecular formula is C33H32Cl3N3O4S. The molecule has 1 atom stereocenters. The van der Waals surface area contributed by atoms with Crippen molar-refractivity contribution in [2.75, 3.05) is 10.8 Å². The molecule has 0 fully saturated rings. The molecular weight excluding hydrogens is 641 g/mol. The fraction of sp³-hybridized carbons (Fsp3) is 0.212. The van der Waals surface area contributed by atoms with Crippen LogP contribution in [0.4, 0.5) is 5.69 Å². The lowest BCUT2D eigenvalue weighted by molar-refractivity contribution is -0.140. The van der Waals surface area contributed by atoms with Crippen LogP contribution in [0.1, 0.15) is 25.0 Å². The monoisotopic (exact) mass is 671 g/mol. The first-order chi connectivity index (χ1) is 20.9. The quantitative estimate of drug-likeness (QED) is 0.176. The number of hydrogen-bond donors (Lipinski definition) is 1. The van der Waals surface area contributed by atoms with E-state index < -0.39 is 28.5 Å². The lowest BCUT2D eigenvalue weighted by atomic mass is 10.0. The molecule has 4 aromatic rings. The summed E-state index contributed by atoms with van der Waals surface area (Å²) >= 11 is 18.7. The Morgan fingerprint density at radius 1 is 0.750 bits per heavy atom. The van der Waals surface area contributed by atoms with Crippen molar-refractivity contribution in [1.82, 2.24) is 10.2 Å². The number of carbonyl (C=O) groups excluding carboxylic acids is 2. The standard InChI is InChI=1S/C33H32Cl3N3O4S/c1-23(2)37-33(41)31(17-24-9-5-3-6-10-24)38(21-25-13-15-26(34)16-14-25)32(40)22-39(29-19-27(35)18-28(36)20-29)44(42,43)30-11-7-4-8-12-30/h3-16,18-20,23,31H,17,21-22H2,1-2H3,(H,37,41)/t31-/m1/s1. The third kappa shape index (κ3) is 8.76. The van der Waals surface area contributed by atoms with Gasteiger partial charge < -0.3 is 10.2 Å². The van der Waals surface area contributed by atoms with Gasteiger partial charge in [0.25, 0.3) is 10.0 Å². The molecule has 0 spiro atoms. The number of benzene rings is 4. The minimum absolute atomic E-state index is 0.0217. The van der Waals surface area contributed by atoms with Crippen molar-refractivity contribution >= 4 is 62.3 Å². The predicted octanol–water partition coefficient (Wildman–Crippen LogP) is 7.01. The Hall–Kier alpha value is -3.56. The van der Waals surface area contributed by atoms with Crippen LogP contribution in [-0.2, 0) is 32.6 Å². The average molecular weight is 673 g/mol. The smallest absolute Gasteiger partial charge is 0.264 e. The normalized spacial score (nSPS) is 12.0. The third-order valence-corrected chi connectivity index (χ3v) is 9.19. The van der Waals surface area contributed by atoms with E-state index in [4.69, 9.17) is 34.8 Å². The van der Waals surface area contributed by atoms with E-state index >= 15 is 0 Å². The van der Waals surface area contributed by atoms with E-state index in [-0.39, 0.29) is 45.5 Å². The summed E-state index contributed by atoms with van der Waals surface area (Å²) in [6.45, 7) is 3.07. The molecule has 0 saturated carbocycles. The molecule has 0 saturated heterocycles. The largest absolute Gasteiger partial charge is 0.352 e. The lowest BCUT2D eigenvalue weighted by Gasteiger charge is -2.34. The number of nitrogens with one attached hydrogen (secondary N) is 1. The molecule has 230 valence electrons. The van der Waals surface area contributed by atoms with Gasteiger partial charge in [-0.2, -0.15) is 0 Å². The van der Waals surface area contributed by atoms with E-state index in [0.717, 1.165) is 9.87 Å². The second kappa shape index (κ2) is 14.9. The number of amides is 2. The van der Waals surface area contributed by atoms with E-state index in [1.54, 1.807) is 42.5 Å². The van der Waals surface area contributed by atoms with Crippen molar-refractivity contribution in [2.24, 2.45) is 0 Å². The summed E-state index contributed by atoms with van der Waals surface area (Å²) in [4.78, 5) is 29.5. The molecule has 0 aliphatic carbocycles. The molecule has 1 N–H and O–H groups in total. The number of nitrogens with zero attached hydrogens (tertiary/aromatic N) is 2. The van der Waals surface area contributed by atoms with Gasteiger partial charge in [0, 0.05) is 34.1 Å². The Kier molecular flexibility index (Phi) is 11.3. The van der Waals surface area contributed by atoms with Crippen LogP contribution < -0.4 is 9.62 Å². The highest BCUT2D eigenvalue weighted by molar-refractivity contribution is 7.92. The predicted molar refractivity (Wildman–Crippen MR) is 177 cm³/mol. The lowest BCUT2D eigenvalue weighted by Crippen LogP contribution is -2.54. The molecule has 7 nitrogen and oxygen atoms in total. The molecule has 0 radical (unpaired) electrons. The van der Waals surface area contributed by atoms with Crippen LogP contribution in [0.15, 0.2) is 108 Å². The summed E-state index contributed by atoms with van der Waals surface area (Å²) in [5.41, 5.74) is 1.65. The van der Waals surface area contributed by atoms with Gasteiger partial charge in [0.15, 0.2) is 0 Å². The zero-order valence-corrected chi connectivity index (χ0v) is 27.2. The molecule has 0 aliphatic rings. The summed E-state index contributed by atoms with van der Waals surface area (Å²) in [5.74, 6) is -0.968. The molecule has 4 rings (SSSR count). The van der Waals surface area contributed by atoms with Gasteiger partial charge in [-0.1, -0.05) is 95.5 Å². The molecule has 0 heterocycles. The van der Waals surface area contributed by atoms with Crippen LogP contribution in [0, 0.1) is 0 Å². The van der Waals surface area contributed by atoms with Crippen LogP contribution in [-0.4, -0.2) is 43.8 Å². The molecule has 0 unspecified atom stereocenters. The molecule has 2 amide bonds. The van der Waals surface area contributed by atoms with Crippen LogP contribution in [0.5, 0.6) is 0 Å². The maximum absolute atomic E-state index is 14.4. The molecule has 44 heavy (non-hydrogen) atoms. The maximum atomic E-state index is 14.4. The Morgan fingerprint density at radius 2 is 1.32 bits per heavy atom. The summed E-state index contributed by atoms with van der Waals surface area (Å²) in [7, 11) is -4.27. The molecule has 0 aliphatic heterocycles. The Morgan fingerprint density at radius 3 is 1.89 bits per heavy atom. The SMILES string of the molecule is CC(C)NC(=O)[C@@H](Cc1ccccc1)N(Cc1ccc(Cl)cc1)C(=O)CN(c1cc(Cl)cc(Cl)c1)S(=O)(=O)c1ccccc1. The van der Waals surface area contributed by atoms with E-state index in [9.17, 15) is 18.0 Å². The van der Waals surface area contributed by atoms with Gasteiger partial charge in [0.2, 0.25) is 11.8 Å². The molecule has 0 aromatic heterocycles. The fourth-order valence-corrected chi connectivity index (χ4v) is 6.71. The van der Waals surface area contributed by atoms with Crippen molar-refractivity contribution in [2.45, 2.75) is 43.8 Å². The highest BCUT2D eigenvalue weighted by atomic mass is 35.5. The van der Waals surface area contributed by atoms with E-state index in [1.807, 2.05) is 44.2 Å². The van der Waals surface area contributed by atoms with Crippen molar-refractivity contribution in [3.63, 3.8) is 0 Å². The van der Waals surface area contributed by atoms with Gasteiger partial charge in [-0.3, -0.25) is 13.9 Å². The Labute approximate surface area is 273 Å². The first kappa shape index (κ1) is 33.3. The number of rotatable bonds is 12. The van der Waals surface area contributed by atoms with Gasteiger partial charge in [-0.25, -0.2) is 8.42 Å². The van der Waals surface area contributed by atoms with Gasteiger partial charge in [-0.05, 0) is 67.4 Å². The number of hydrogen-bond acceptors (Lipinski definition) is 4. The first-order valence-corrected chi connectivity index (χ1v) is 16.4. The Balaban J connectivity index is 1.82. The van der Waals surface area contributed by atoms with Gasteiger partial charge in [0.1, 0.15) is 12.6 Å². The Bertz CT molecular complexity index is 1670.